The van der Waals surface area contributed by atoms with E-state index in [-0.39, 0.29) is 5.41 Å². The van der Waals surface area contributed by atoms with Gasteiger partial charge in [-0.15, -0.1) is 11.3 Å². The maximum Gasteiger partial charge on any atom is 0.160 e. The zero-order valence-corrected chi connectivity index (χ0v) is 34.1. The molecule has 0 atom stereocenters. The molecule has 0 spiro atoms. The standard InChI is InChI=1S/C57H38N2S/c1-57(2)54-40-20-7-6-15-35(40)29-30-46(54)45-25-13-24-41(55(45)57)38-19-12-18-37(33-38)39-31-32-44(43-22-9-8-21-42(39)43)49-34-50(59-56(58-49)36-16-4-3-5-17-36)47-26-14-28-52-53(47)48-23-10-11-27-51(48)60-52/h3-34H,1-2H3. The first-order chi connectivity index (χ1) is 29.5. The second-order valence-corrected chi connectivity index (χ2v) is 17.5. The van der Waals surface area contributed by atoms with E-state index in [1.807, 2.05) is 17.4 Å². The van der Waals surface area contributed by atoms with E-state index in [2.05, 4.69) is 202 Å². The normalized spacial score (nSPS) is 13.0. The van der Waals surface area contributed by atoms with Crippen LogP contribution in [0.5, 0.6) is 0 Å². The van der Waals surface area contributed by atoms with Crippen molar-refractivity contribution in [1.29, 1.82) is 0 Å². The van der Waals surface area contributed by atoms with Crippen LogP contribution in [0, 0.1) is 0 Å². The van der Waals surface area contributed by atoms with Gasteiger partial charge in [-0.25, -0.2) is 9.97 Å². The minimum atomic E-state index is -0.163. The Bertz CT molecular complexity index is 3520. The van der Waals surface area contributed by atoms with Crippen molar-refractivity contribution in [3.05, 3.63) is 205 Å². The fourth-order valence-corrected chi connectivity index (χ4v) is 11.2. The highest BCUT2D eigenvalue weighted by molar-refractivity contribution is 7.25. The summed E-state index contributed by atoms with van der Waals surface area (Å²) < 4.78 is 2.54. The van der Waals surface area contributed by atoms with E-state index in [0.717, 1.165) is 33.5 Å². The Morgan fingerprint density at radius 1 is 0.367 bits per heavy atom. The molecular weight excluding hydrogens is 745 g/mol. The number of hydrogen-bond donors (Lipinski definition) is 0. The van der Waals surface area contributed by atoms with Crippen LogP contribution in [0.3, 0.4) is 0 Å². The van der Waals surface area contributed by atoms with Crippen LogP contribution in [0.2, 0.25) is 0 Å². The Hall–Kier alpha value is -7.20. The van der Waals surface area contributed by atoms with Crippen molar-refractivity contribution in [3.8, 4) is 67.3 Å². The first-order valence-corrected chi connectivity index (χ1v) is 21.5. The lowest BCUT2D eigenvalue weighted by Crippen LogP contribution is -2.16. The van der Waals surface area contributed by atoms with Gasteiger partial charge in [-0.3, -0.25) is 0 Å². The lowest BCUT2D eigenvalue weighted by atomic mass is 9.77. The lowest BCUT2D eigenvalue weighted by Gasteiger charge is -2.26. The topological polar surface area (TPSA) is 25.8 Å². The average molecular weight is 783 g/mol. The molecule has 2 heterocycles. The first kappa shape index (κ1) is 34.8. The molecule has 2 aromatic heterocycles. The summed E-state index contributed by atoms with van der Waals surface area (Å²) in [4.78, 5) is 10.6. The molecule has 11 aromatic rings. The molecule has 3 heteroatoms. The van der Waals surface area contributed by atoms with Crippen LogP contribution >= 0.6 is 11.3 Å². The molecule has 0 N–H and O–H groups in total. The zero-order valence-electron chi connectivity index (χ0n) is 33.3. The van der Waals surface area contributed by atoms with Crippen molar-refractivity contribution in [1.82, 2.24) is 9.97 Å². The predicted molar refractivity (Wildman–Crippen MR) is 255 cm³/mol. The van der Waals surface area contributed by atoms with Crippen molar-refractivity contribution in [3.63, 3.8) is 0 Å². The van der Waals surface area contributed by atoms with E-state index in [1.165, 1.54) is 80.8 Å². The molecule has 12 rings (SSSR count). The highest BCUT2D eigenvalue weighted by Crippen LogP contribution is 2.54. The van der Waals surface area contributed by atoms with Gasteiger partial charge in [0.25, 0.3) is 0 Å². The van der Waals surface area contributed by atoms with Crippen LogP contribution in [0.4, 0.5) is 0 Å². The molecule has 1 aliphatic carbocycles. The molecular formula is C57H38N2S. The average Bonchev–Trinajstić information content (AvgIpc) is 3.81. The SMILES string of the molecule is CC1(C)c2c(-c3cccc(-c4ccc(-c5cc(-c6cccc7sc8ccccc8c67)nc(-c6ccccc6)n5)c5ccccc45)c3)cccc2-c2ccc3ccccc3c21. The van der Waals surface area contributed by atoms with E-state index in [0.29, 0.717) is 5.82 Å². The Morgan fingerprint density at radius 3 is 1.75 bits per heavy atom. The van der Waals surface area contributed by atoms with E-state index >= 15 is 0 Å². The summed E-state index contributed by atoms with van der Waals surface area (Å²) in [7, 11) is 0. The van der Waals surface area contributed by atoms with Gasteiger partial charge in [-0.2, -0.15) is 0 Å². The fourth-order valence-electron chi connectivity index (χ4n) is 10.0. The summed E-state index contributed by atoms with van der Waals surface area (Å²) in [5, 5.41) is 7.48. The minimum Gasteiger partial charge on any atom is -0.228 e. The smallest absolute Gasteiger partial charge is 0.160 e. The summed E-state index contributed by atoms with van der Waals surface area (Å²) >= 11 is 1.83. The molecule has 0 fully saturated rings. The zero-order chi connectivity index (χ0) is 40.0. The first-order valence-electron chi connectivity index (χ1n) is 20.7. The summed E-state index contributed by atoms with van der Waals surface area (Å²) in [5.41, 5.74) is 15.3. The van der Waals surface area contributed by atoms with Gasteiger partial charge in [0.1, 0.15) is 0 Å². The molecule has 0 bridgehead atoms. The molecule has 0 amide bonds. The fraction of sp³-hybridized carbons (Fsp3) is 0.0526. The molecule has 1 aliphatic rings. The van der Waals surface area contributed by atoms with Gasteiger partial charge < -0.3 is 0 Å². The number of hydrogen-bond acceptors (Lipinski definition) is 3. The van der Waals surface area contributed by atoms with Crippen molar-refractivity contribution in [2.75, 3.05) is 0 Å². The molecule has 0 saturated carbocycles. The summed E-state index contributed by atoms with van der Waals surface area (Å²) in [6, 6.07) is 70.5. The molecule has 60 heavy (non-hydrogen) atoms. The molecule has 0 unspecified atom stereocenters. The van der Waals surface area contributed by atoms with Gasteiger partial charge in [-0.05, 0) is 90.3 Å². The van der Waals surface area contributed by atoms with E-state index in [4.69, 9.17) is 9.97 Å². The summed E-state index contributed by atoms with van der Waals surface area (Å²) in [5.74, 6) is 0.717. The van der Waals surface area contributed by atoms with Gasteiger partial charge >= 0.3 is 0 Å². The molecule has 2 nitrogen and oxygen atoms in total. The minimum absolute atomic E-state index is 0.163. The van der Waals surface area contributed by atoms with Crippen LogP contribution in [-0.2, 0) is 5.41 Å². The number of aromatic nitrogens is 2. The highest BCUT2D eigenvalue weighted by Gasteiger charge is 2.38. The number of benzene rings is 9. The molecule has 0 radical (unpaired) electrons. The lowest BCUT2D eigenvalue weighted by molar-refractivity contribution is 0.668. The number of nitrogens with zero attached hydrogens (tertiary/aromatic N) is 2. The van der Waals surface area contributed by atoms with Crippen molar-refractivity contribution in [2.45, 2.75) is 19.3 Å². The summed E-state index contributed by atoms with van der Waals surface area (Å²) in [6.45, 7) is 4.79. The van der Waals surface area contributed by atoms with E-state index in [9.17, 15) is 0 Å². The van der Waals surface area contributed by atoms with Gasteiger partial charge in [0.2, 0.25) is 0 Å². The number of rotatable bonds is 5. The molecule has 0 saturated heterocycles. The Morgan fingerprint density at radius 2 is 0.917 bits per heavy atom. The quantitative estimate of drug-likeness (QED) is 0.174. The maximum absolute atomic E-state index is 5.31. The molecule has 0 aliphatic heterocycles. The summed E-state index contributed by atoms with van der Waals surface area (Å²) in [6.07, 6.45) is 0. The Labute approximate surface area is 353 Å². The molecule has 9 aromatic carbocycles. The monoisotopic (exact) mass is 782 g/mol. The third-order valence-electron chi connectivity index (χ3n) is 12.7. The largest absolute Gasteiger partial charge is 0.228 e. The van der Waals surface area contributed by atoms with Crippen LogP contribution in [0.25, 0.3) is 109 Å². The predicted octanol–water partition coefficient (Wildman–Crippen LogP) is 15.8. The van der Waals surface area contributed by atoms with Crippen molar-refractivity contribution < 1.29 is 0 Å². The third kappa shape index (κ3) is 5.33. The highest BCUT2D eigenvalue weighted by atomic mass is 32.1. The Balaban J connectivity index is 1.01. The van der Waals surface area contributed by atoms with Crippen LogP contribution in [0.1, 0.15) is 25.0 Å². The van der Waals surface area contributed by atoms with Crippen LogP contribution in [-0.4, -0.2) is 9.97 Å². The number of fused-ring (bicyclic) bond motifs is 9. The van der Waals surface area contributed by atoms with E-state index < -0.39 is 0 Å². The van der Waals surface area contributed by atoms with Crippen LogP contribution in [0.15, 0.2) is 194 Å². The van der Waals surface area contributed by atoms with E-state index in [1.54, 1.807) is 0 Å². The van der Waals surface area contributed by atoms with Gasteiger partial charge in [0.05, 0.1) is 11.4 Å². The number of thiophene rings is 1. The second kappa shape index (κ2) is 13.4. The molecule has 282 valence electrons. The Kier molecular flexibility index (Phi) is 7.79. The third-order valence-corrected chi connectivity index (χ3v) is 13.8. The van der Waals surface area contributed by atoms with Gasteiger partial charge in [-0.1, -0.05) is 184 Å². The van der Waals surface area contributed by atoms with Gasteiger partial charge in [0.15, 0.2) is 5.82 Å². The second-order valence-electron chi connectivity index (χ2n) is 16.5. The maximum atomic E-state index is 5.31. The van der Waals surface area contributed by atoms with Crippen LogP contribution < -0.4 is 0 Å². The van der Waals surface area contributed by atoms with Crippen molar-refractivity contribution in [2.24, 2.45) is 0 Å². The van der Waals surface area contributed by atoms with Crippen molar-refractivity contribution >= 4 is 53.1 Å². The van der Waals surface area contributed by atoms with Gasteiger partial charge in [0, 0.05) is 42.3 Å².